The third-order valence-electron chi connectivity index (χ3n) is 6.89. The predicted molar refractivity (Wildman–Crippen MR) is 163 cm³/mol. The number of amides is 1. The largest absolute Gasteiger partial charge is 0.481 e. The highest BCUT2D eigenvalue weighted by Crippen LogP contribution is 2.26. The zero-order chi connectivity index (χ0) is 29.5. The Labute approximate surface area is 243 Å². The Morgan fingerprint density at radius 2 is 1.17 bits per heavy atom. The molecule has 0 fully saturated rings. The summed E-state index contributed by atoms with van der Waals surface area (Å²) >= 11 is 0. The van der Waals surface area contributed by atoms with Crippen molar-refractivity contribution in [2.75, 3.05) is 6.54 Å². The van der Waals surface area contributed by atoms with E-state index in [4.69, 9.17) is 5.11 Å². The van der Waals surface area contributed by atoms with Crippen LogP contribution < -0.4 is 5.32 Å². The highest BCUT2D eigenvalue weighted by atomic mass is 16.4. The number of carboxylic acids is 1. The Morgan fingerprint density at radius 1 is 0.595 bits per heavy atom. The third-order valence-corrected chi connectivity index (χ3v) is 6.89. The number of aliphatic carboxylic acids is 1. The van der Waals surface area contributed by atoms with Crippen LogP contribution >= 0.6 is 0 Å². The van der Waals surface area contributed by atoms with E-state index in [-0.39, 0.29) is 30.1 Å². The van der Waals surface area contributed by atoms with Gasteiger partial charge in [-0.15, -0.1) is 0 Å². The maximum atomic E-state index is 13.8. The van der Waals surface area contributed by atoms with Gasteiger partial charge in [-0.1, -0.05) is 103 Å². The molecule has 0 radical (unpaired) electrons. The van der Waals surface area contributed by atoms with Crippen molar-refractivity contribution < 1.29 is 24.3 Å². The molecule has 0 bridgehead atoms. The molecule has 6 heteroatoms. The van der Waals surface area contributed by atoms with Crippen LogP contribution in [0.2, 0.25) is 0 Å². The molecule has 0 atom stereocenters. The van der Waals surface area contributed by atoms with Crippen LogP contribution in [0.1, 0.15) is 43.1 Å². The Balaban J connectivity index is 1.47. The molecule has 0 aliphatic rings. The third kappa shape index (κ3) is 6.57. The van der Waals surface area contributed by atoms with E-state index in [9.17, 15) is 19.2 Å². The smallest absolute Gasteiger partial charge is 0.305 e. The maximum Gasteiger partial charge on any atom is 0.305 e. The molecule has 2 N–H and O–H groups in total. The first kappa shape index (κ1) is 27.9. The monoisotopic (exact) mass is 553 g/mol. The number of benzene rings is 5. The van der Waals surface area contributed by atoms with E-state index < -0.39 is 11.9 Å². The molecule has 0 unspecified atom stereocenters. The van der Waals surface area contributed by atoms with Crippen molar-refractivity contribution in [2.24, 2.45) is 0 Å². The molecule has 5 aromatic carbocycles. The molecule has 5 rings (SSSR count). The summed E-state index contributed by atoms with van der Waals surface area (Å²) in [4.78, 5) is 50.4. The topological polar surface area (TPSA) is 101 Å². The van der Waals surface area contributed by atoms with Gasteiger partial charge in [-0.3, -0.25) is 19.2 Å². The fourth-order valence-electron chi connectivity index (χ4n) is 4.62. The van der Waals surface area contributed by atoms with Crippen molar-refractivity contribution in [3.05, 3.63) is 150 Å². The number of fused-ring (bicyclic) bond motifs is 1. The van der Waals surface area contributed by atoms with Crippen molar-refractivity contribution in [1.29, 1.82) is 0 Å². The minimum Gasteiger partial charge on any atom is -0.481 e. The summed E-state index contributed by atoms with van der Waals surface area (Å²) in [5, 5.41) is 13.3. The molecule has 1 amide bonds. The van der Waals surface area contributed by atoms with Crippen LogP contribution in [0, 0.1) is 0 Å². The lowest BCUT2D eigenvalue weighted by atomic mass is 9.92. The number of carbonyl (C=O) groups is 4. The number of hydrogen-bond donors (Lipinski definition) is 2. The summed E-state index contributed by atoms with van der Waals surface area (Å²) in [5.41, 5.74) is 3.89. The number of ketones is 2. The second-order valence-electron chi connectivity index (χ2n) is 9.73. The average Bonchev–Trinajstić information content (AvgIpc) is 3.03. The number of allylic oxidation sites excluding steroid dienone is 2. The van der Waals surface area contributed by atoms with Crippen LogP contribution in [0.15, 0.2) is 127 Å². The fraction of sp³-hybridized carbons (Fsp3) is 0.0556. The van der Waals surface area contributed by atoms with E-state index in [0.717, 1.165) is 21.9 Å². The zero-order valence-corrected chi connectivity index (χ0v) is 22.6. The number of nitrogens with one attached hydrogen (secondary N) is 1. The van der Waals surface area contributed by atoms with Crippen LogP contribution in [0.5, 0.6) is 0 Å². The highest BCUT2D eigenvalue weighted by Gasteiger charge is 2.18. The van der Waals surface area contributed by atoms with Crippen molar-refractivity contribution >= 4 is 39.8 Å². The van der Waals surface area contributed by atoms with Crippen molar-refractivity contribution in [3.63, 3.8) is 0 Å². The SMILES string of the molecule is O=C(O)CCNC(=O)c1ccc(C(=O)/C(=C\C(=O)c2ccc3ccccc3c2)c2ccc(-c3ccccc3)cc2)cc1. The molecular formula is C36H27NO5. The van der Waals surface area contributed by atoms with Gasteiger partial charge in [0.2, 0.25) is 0 Å². The van der Waals surface area contributed by atoms with Crippen LogP contribution in [-0.4, -0.2) is 35.1 Å². The summed E-state index contributed by atoms with van der Waals surface area (Å²) in [6.07, 6.45) is 1.18. The quantitative estimate of drug-likeness (QED) is 0.145. The standard InChI is InChI=1S/C36H27NO5/c38-33(31-19-12-25-8-4-5-9-30(25)22-31)23-32(27-13-10-26(11-14-27)24-6-2-1-3-7-24)35(41)28-15-17-29(18-16-28)36(42)37-21-20-34(39)40/h1-19,22-23H,20-21H2,(H,37,42)(H,39,40)/b32-23-. The fourth-order valence-corrected chi connectivity index (χ4v) is 4.62. The summed E-state index contributed by atoms with van der Waals surface area (Å²) in [6, 6.07) is 36.6. The van der Waals surface area contributed by atoms with Gasteiger partial charge in [0.1, 0.15) is 0 Å². The van der Waals surface area contributed by atoms with Gasteiger partial charge in [0, 0.05) is 28.8 Å². The number of hydrogen-bond acceptors (Lipinski definition) is 4. The van der Waals surface area contributed by atoms with Crippen molar-refractivity contribution in [2.45, 2.75) is 6.42 Å². The van der Waals surface area contributed by atoms with Crippen LogP contribution in [0.3, 0.4) is 0 Å². The van der Waals surface area contributed by atoms with Crippen molar-refractivity contribution in [3.8, 4) is 11.1 Å². The van der Waals surface area contributed by atoms with Crippen molar-refractivity contribution in [1.82, 2.24) is 5.32 Å². The lowest BCUT2D eigenvalue weighted by Crippen LogP contribution is -2.26. The lowest BCUT2D eigenvalue weighted by Gasteiger charge is -2.10. The molecule has 0 aliphatic carbocycles. The molecule has 0 heterocycles. The van der Waals surface area contributed by atoms with E-state index in [0.29, 0.717) is 22.3 Å². The molecule has 0 spiro atoms. The highest BCUT2D eigenvalue weighted by molar-refractivity contribution is 6.33. The van der Waals surface area contributed by atoms with Crippen LogP contribution in [0.25, 0.3) is 27.5 Å². The molecule has 6 nitrogen and oxygen atoms in total. The van der Waals surface area contributed by atoms with Gasteiger partial charge < -0.3 is 10.4 Å². The average molecular weight is 554 g/mol. The van der Waals surface area contributed by atoms with Gasteiger partial charge in [-0.25, -0.2) is 0 Å². The minimum absolute atomic E-state index is 0.00239. The Bertz CT molecular complexity index is 1800. The molecule has 0 aliphatic heterocycles. The number of rotatable bonds is 10. The van der Waals surface area contributed by atoms with Gasteiger partial charge in [0.25, 0.3) is 5.91 Å². The lowest BCUT2D eigenvalue weighted by molar-refractivity contribution is -0.136. The van der Waals surface area contributed by atoms with Gasteiger partial charge in [-0.05, 0) is 51.7 Å². The predicted octanol–water partition coefficient (Wildman–Crippen LogP) is 6.86. The Kier molecular flexibility index (Phi) is 8.45. The van der Waals surface area contributed by atoms with E-state index >= 15 is 0 Å². The zero-order valence-electron chi connectivity index (χ0n) is 22.6. The summed E-state index contributed by atoms with van der Waals surface area (Å²) < 4.78 is 0. The molecule has 0 aromatic heterocycles. The first-order valence-electron chi connectivity index (χ1n) is 13.4. The minimum atomic E-state index is -1.01. The number of Topliss-reactive ketones (excluding diaryl/α,β-unsaturated/α-hetero) is 1. The normalized spacial score (nSPS) is 11.2. The molecule has 0 saturated heterocycles. The first-order valence-corrected chi connectivity index (χ1v) is 13.4. The molecule has 5 aromatic rings. The number of carboxylic acid groups (broad SMARTS) is 1. The Morgan fingerprint density at radius 3 is 1.86 bits per heavy atom. The van der Waals surface area contributed by atoms with Crippen LogP contribution in [-0.2, 0) is 4.79 Å². The summed E-state index contributed by atoms with van der Waals surface area (Å²) in [7, 11) is 0. The van der Waals surface area contributed by atoms with E-state index in [1.807, 2.05) is 91.0 Å². The second kappa shape index (κ2) is 12.7. The Hall–Kier alpha value is -5.62. The van der Waals surface area contributed by atoms with Crippen LogP contribution in [0.4, 0.5) is 0 Å². The van der Waals surface area contributed by atoms with Gasteiger partial charge in [0.05, 0.1) is 6.42 Å². The van der Waals surface area contributed by atoms with Gasteiger partial charge in [-0.2, -0.15) is 0 Å². The molecule has 0 saturated carbocycles. The molecule has 206 valence electrons. The number of carbonyl (C=O) groups excluding carboxylic acids is 3. The summed E-state index contributed by atoms with van der Waals surface area (Å²) in [6.45, 7) is -0.00239. The molecular weight excluding hydrogens is 526 g/mol. The van der Waals surface area contributed by atoms with E-state index in [1.165, 1.54) is 30.3 Å². The maximum absolute atomic E-state index is 13.8. The van der Waals surface area contributed by atoms with E-state index in [2.05, 4.69) is 5.32 Å². The first-order chi connectivity index (χ1) is 20.4. The molecule has 42 heavy (non-hydrogen) atoms. The van der Waals surface area contributed by atoms with E-state index in [1.54, 1.807) is 6.07 Å². The second-order valence-corrected chi connectivity index (χ2v) is 9.73. The van der Waals surface area contributed by atoms with Gasteiger partial charge >= 0.3 is 5.97 Å². The van der Waals surface area contributed by atoms with Gasteiger partial charge in [0.15, 0.2) is 11.6 Å². The summed E-state index contributed by atoms with van der Waals surface area (Å²) in [5.74, 6) is -2.11.